The lowest BCUT2D eigenvalue weighted by molar-refractivity contribution is -0.147. The number of pyridine rings is 1. The molecule has 2 rings (SSSR count). The summed E-state index contributed by atoms with van der Waals surface area (Å²) in [6.07, 6.45) is 2.00. The molecule has 0 saturated carbocycles. The minimum Gasteiger partial charge on any atom is -0.454 e. The van der Waals surface area contributed by atoms with Crippen LogP contribution in [-0.2, 0) is 20.7 Å². The summed E-state index contributed by atoms with van der Waals surface area (Å²) in [6.45, 7) is -0.412. The van der Waals surface area contributed by atoms with Crippen LogP contribution in [0, 0.1) is 0 Å². The van der Waals surface area contributed by atoms with Gasteiger partial charge < -0.3 is 15.4 Å². The number of hydrogen-bond acceptors (Lipinski definition) is 5. The Morgan fingerprint density at radius 1 is 1.00 bits per heavy atom. The fourth-order valence-corrected chi connectivity index (χ4v) is 2.30. The second kappa shape index (κ2) is 10.5. The van der Waals surface area contributed by atoms with E-state index in [0.717, 1.165) is 5.56 Å². The van der Waals surface area contributed by atoms with Gasteiger partial charge in [0.05, 0.1) is 0 Å². The number of nitrogens with zero attached hydrogens (tertiary/aromatic N) is 1. The van der Waals surface area contributed by atoms with Gasteiger partial charge >= 0.3 is 5.97 Å². The normalized spacial score (nSPS) is 10.1. The fraction of sp³-hybridized carbons (Fsp3) is 0.222. The van der Waals surface area contributed by atoms with Crippen LogP contribution in [0.15, 0.2) is 42.6 Å². The zero-order chi connectivity index (χ0) is 19.6. The summed E-state index contributed by atoms with van der Waals surface area (Å²) >= 11 is 11.6. The summed E-state index contributed by atoms with van der Waals surface area (Å²) in [5, 5.41) is 5.98. The molecular weight excluding hydrogens is 393 g/mol. The van der Waals surface area contributed by atoms with E-state index in [1.165, 1.54) is 18.3 Å². The lowest BCUT2D eigenvalue weighted by atomic mass is 10.1. The van der Waals surface area contributed by atoms with Crippen LogP contribution in [-0.4, -0.2) is 42.5 Å². The van der Waals surface area contributed by atoms with Gasteiger partial charge in [-0.05, 0) is 36.2 Å². The van der Waals surface area contributed by atoms with Crippen molar-refractivity contribution in [2.45, 2.75) is 6.42 Å². The lowest BCUT2D eigenvalue weighted by Crippen LogP contribution is -2.34. The van der Waals surface area contributed by atoms with Gasteiger partial charge in [0.25, 0.3) is 11.8 Å². The SMILES string of the molecule is O=C(COC(=O)CNC(=O)c1cc(Cl)ccn1)NCCc1ccc(Cl)cc1. The van der Waals surface area contributed by atoms with Crippen LogP contribution in [0.4, 0.5) is 0 Å². The van der Waals surface area contributed by atoms with Gasteiger partial charge in [-0.15, -0.1) is 0 Å². The second-order valence-corrected chi connectivity index (χ2v) is 6.30. The Bertz CT molecular complexity index is 813. The number of nitrogens with one attached hydrogen (secondary N) is 2. The Labute approximate surface area is 166 Å². The van der Waals surface area contributed by atoms with Gasteiger partial charge in [0.15, 0.2) is 6.61 Å². The van der Waals surface area contributed by atoms with E-state index in [4.69, 9.17) is 27.9 Å². The highest BCUT2D eigenvalue weighted by atomic mass is 35.5. The molecule has 0 atom stereocenters. The van der Waals surface area contributed by atoms with Crippen molar-refractivity contribution in [3.05, 3.63) is 63.9 Å². The van der Waals surface area contributed by atoms with Gasteiger partial charge in [-0.1, -0.05) is 35.3 Å². The summed E-state index contributed by atoms with van der Waals surface area (Å²) in [6, 6.07) is 10.2. The average molecular weight is 410 g/mol. The summed E-state index contributed by atoms with van der Waals surface area (Å²) < 4.78 is 4.80. The zero-order valence-corrected chi connectivity index (χ0v) is 15.7. The van der Waals surface area contributed by atoms with Crippen molar-refractivity contribution in [1.29, 1.82) is 0 Å². The number of carbonyl (C=O) groups excluding carboxylic acids is 3. The highest BCUT2D eigenvalue weighted by Gasteiger charge is 2.12. The van der Waals surface area contributed by atoms with Crippen LogP contribution >= 0.6 is 23.2 Å². The predicted molar refractivity (Wildman–Crippen MR) is 101 cm³/mol. The molecule has 0 bridgehead atoms. The molecule has 0 aliphatic carbocycles. The lowest BCUT2D eigenvalue weighted by Gasteiger charge is -2.08. The molecule has 1 heterocycles. The Morgan fingerprint density at radius 2 is 1.74 bits per heavy atom. The summed E-state index contributed by atoms with van der Waals surface area (Å²) in [5.74, 6) is -1.74. The van der Waals surface area contributed by atoms with Gasteiger partial charge in [-0.2, -0.15) is 0 Å². The topological polar surface area (TPSA) is 97.4 Å². The maximum atomic E-state index is 11.8. The number of halogens is 2. The average Bonchev–Trinajstić information content (AvgIpc) is 2.66. The molecule has 142 valence electrons. The highest BCUT2D eigenvalue weighted by Crippen LogP contribution is 2.09. The molecule has 0 fully saturated rings. The van der Waals surface area contributed by atoms with E-state index >= 15 is 0 Å². The Balaban J connectivity index is 1.62. The quantitative estimate of drug-likeness (QED) is 0.649. The van der Waals surface area contributed by atoms with E-state index in [9.17, 15) is 14.4 Å². The minimum atomic E-state index is -0.738. The molecule has 0 aliphatic rings. The third kappa shape index (κ3) is 7.64. The molecule has 0 radical (unpaired) electrons. The van der Waals surface area contributed by atoms with Crippen LogP contribution in [0.5, 0.6) is 0 Å². The first kappa shape index (κ1) is 20.7. The van der Waals surface area contributed by atoms with Crippen LogP contribution < -0.4 is 10.6 Å². The molecule has 2 N–H and O–H groups in total. The molecule has 2 aromatic rings. The van der Waals surface area contributed by atoms with E-state index in [2.05, 4.69) is 15.6 Å². The predicted octanol–water partition coefficient (Wildman–Crippen LogP) is 2.02. The molecule has 9 heteroatoms. The van der Waals surface area contributed by atoms with E-state index in [1.54, 1.807) is 12.1 Å². The molecule has 0 spiro atoms. The number of esters is 1. The van der Waals surface area contributed by atoms with Crippen LogP contribution in [0.3, 0.4) is 0 Å². The molecule has 2 amide bonds. The van der Waals surface area contributed by atoms with Gasteiger partial charge in [-0.3, -0.25) is 19.4 Å². The molecule has 27 heavy (non-hydrogen) atoms. The maximum absolute atomic E-state index is 11.8. The second-order valence-electron chi connectivity index (χ2n) is 5.43. The van der Waals surface area contributed by atoms with Crippen LogP contribution in [0.2, 0.25) is 10.0 Å². The van der Waals surface area contributed by atoms with Gasteiger partial charge in [0.1, 0.15) is 12.2 Å². The van der Waals surface area contributed by atoms with Gasteiger partial charge in [0.2, 0.25) is 0 Å². The smallest absolute Gasteiger partial charge is 0.325 e. The van der Waals surface area contributed by atoms with Crippen molar-refractivity contribution in [3.63, 3.8) is 0 Å². The maximum Gasteiger partial charge on any atom is 0.325 e. The number of rotatable bonds is 8. The van der Waals surface area contributed by atoms with E-state index in [0.29, 0.717) is 23.0 Å². The molecule has 0 aliphatic heterocycles. The summed E-state index contributed by atoms with van der Waals surface area (Å²) in [5.41, 5.74) is 1.10. The van der Waals surface area contributed by atoms with Gasteiger partial charge in [0, 0.05) is 22.8 Å². The number of benzene rings is 1. The van der Waals surface area contributed by atoms with Crippen LogP contribution in [0.25, 0.3) is 0 Å². The first-order valence-corrected chi connectivity index (χ1v) is 8.76. The minimum absolute atomic E-state index is 0.0789. The van der Waals surface area contributed by atoms with Crippen molar-refractivity contribution in [3.8, 4) is 0 Å². The van der Waals surface area contributed by atoms with E-state index in [-0.39, 0.29) is 12.2 Å². The molecule has 0 unspecified atom stereocenters. The molecular formula is C18H17Cl2N3O4. The van der Waals surface area contributed by atoms with Crippen molar-refractivity contribution < 1.29 is 19.1 Å². The van der Waals surface area contributed by atoms with E-state index in [1.807, 2.05) is 12.1 Å². The van der Waals surface area contributed by atoms with Crippen molar-refractivity contribution >= 4 is 41.0 Å². The Hall–Kier alpha value is -2.64. The highest BCUT2D eigenvalue weighted by molar-refractivity contribution is 6.31. The first-order valence-electron chi connectivity index (χ1n) is 8.00. The third-order valence-corrected chi connectivity index (χ3v) is 3.85. The van der Waals surface area contributed by atoms with E-state index < -0.39 is 24.4 Å². The number of hydrogen-bond donors (Lipinski definition) is 2. The number of carbonyl (C=O) groups is 3. The number of aromatic nitrogens is 1. The van der Waals surface area contributed by atoms with Crippen molar-refractivity contribution in [2.75, 3.05) is 19.7 Å². The molecule has 1 aromatic heterocycles. The van der Waals surface area contributed by atoms with Crippen LogP contribution in [0.1, 0.15) is 16.1 Å². The fourth-order valence-electron chi connectivity index (χ4n) is 2.02. The Morgan fingerprint density at radius 3 is 2.44 bits per heavy atom. The van der Waals surface area contributed by atoms with Gasteiger partial charge in [-0.25, -0.2) is 0 Å². The third-order valence-electron chi connectivity index (χ3n) is 3.36. The summed E-state index contributed by atoms with van der Waals surface area (Å²) in [4.78, 5) is 38.9. The molecule has 1 aromatic carbocycles. The Kier molecular flexibility index (Phi) is 8.03. The first-order chi connectivity index (χ1) is 12.9. The number of ether oxygens (including phenoxy) is 1. The van der Waals surface area contributed by atoms with Crippen molar-refractivity contribution in [1.82, 2.24) is 15.6 Å². The number of amides is 2. The largest absolute Gasteiger partial charge is 0.454 e. The molecule has 0 saturated heterocycles. The zero-order valence-electron chi connectivity index (χ0n) is 14.2. The van der Waals surface area contributed by atoms with Crippen molar-refractivity contribution in [2.24, 2.45) is 0 Å². The summed E-state index contributed by atoms with van der Waals surface area (Å²) in [7, 11) is 0. The standard InChI is InChI=1S/C18H17Cl2N3O4/c19-13-3-1-12(2-4-13)5-7-22-16(24)11-27-17(25)10-23-18(26)15-9-14(20)6-8-21-15/h1-4,6,8-9H,5,7,10-11H2,(H,22,24)(H,23,26). The monoisotopic (exact) mass is 409 g/mol. The molecule has 7 nitrogen and oxygen atoms in total.